The highest BCUT2D eigenvalue weighted by Gasteiger charge is 2.01. The fraction of sp³-hybridized carbons (Fsp3) is 0.200. The number of benzene rings is 1. The molecule has 1 aromatic heterocycles. The number of thiol groups is 1. The van der Waals surface area contributed by atoms with E-state index in [0.717, 1.165) is 16.9 Å². The van der Waals surface area contributed by atoms with Crippen molar-refractivity contribution in [2.24, 2.45) is 0 Å². The molecular weight excluding hydrogens is 284 g/mol. The molecule has 0 radical (unpaired) electrons. The first-order chi connectivity index (χ1) is 10.1. The van der Waals surface area contributed by atoms with Crippen LogP contribution in [0.25, 0.3) is 0 Å². The quantitative estimate of drug-likeness (QED) is 0.640. The van der Waals surface area contributed by atoms with Crippen LogP contribution in [0.1, 0.15) is 18.2 Å². The third-order valence-electron chi connectivity index (χ3n) is 2.78. The number of nitrogen functional groups attached to an aromatic ring is 1. The Morgan fingerprint density at radius 2 is 2.14 bits per heavy atom. The molecule has 0 aliphatic rings. The van der Waals surface area contributed by atoms with Gasteiger partial charge in [-0.05, 0) is 23.8 Å². The van der Waals surface area contributed by atoms with Crippen LogP contribution in [-0.2, 0) is 17.1 Å². The van der Waals surface area contributed by atoms with E-state index in [9.17, 15) is 4.79 Å². The SMILES string of the molecule is CC(=O)Nc1cccc(CNc2cc(N)cc(CS)n2)c1. The van der Waals surface area contributed by atoms with Gasteiger partial charge in [0.25, 0.3) is 0 Å². The number of hydrogen-bond donors (Lipinski definition) is 4. The van der Waals surface area contributed by atoms with Crippen molar-refractivity contribution in [1.82, 2.24) is 4.98 Å². The predicted molar refractivity (Wildman–Crippen MR) is 89.4 cm³/mol. The lowest BCUT2D eigenvalue weighted by Gasteiger charge is -2.09. The molecule has 6 heteroatoms. The number of anilines is 3. The molecule has 1 amide bonds. The van der Waals surface area contributed by atoms with Crippen molar-refractivity contribution in [2.75, 3.05) is 16.4 Å². The van der Waals surface area contributed by atoms with Crippen LogP contribution in [0, 0.1) is 0 Å². The Bertz CT molecular complexity index is 645. The van der Waals surface area contributed by atoms with Gasteiger partial charge >= 0.3 is 0 Å². The van der Waals surface area contributed by atoms with Gasteiger partial charge in [0.05, 0.1) is 5.69 Å². The number of nitrogens with zero attached hydrogens (tertiary/aromatic N) is 1. The molecule has 0 aliphatic heterocycles. The molecule has 0 unspecified atom stereocenters. The molecule has 4 N–H and O–H groups in total. The van der Waals surface area contributed by atoms with Gasteiger partial charge in [-0.25, -0.2) is 4.98 Å². The van der Waals surface area contributed by atoms with E-state index in [1.54, 1.807) is 12.1 Å². The van der Waals surface area contributed by atoms with E-state index in [-0.39, 0.29) is 5.91 Å². The maximum Gasteiger partial charge on any atom is 0.221 e. The molecule has 1 heterocycles. The van der Waals surface area contributed by atoms with Gasteiger partial charge in [-0.1, -0.05) is 12.1 Å². The monoisotopic (exact) mass is 302 g/mol. The minimum absolute atomic E-state index is 0.0870. The van der Waals surface area contributed by atoms with E-state index in [2.05, 4.69) is 28.2 Å². The molecule has 2 aromatic rings. The van der Waals surface area contributed by atoms with Gasteiger partial charge in [-0.15, -0.1) is 0 Å². The van der Waals surface area contributed by atoms with Crippen molar-refractivity contribution in [3.8, 4) is 0 Å². The van der Waals surface area contributed by atoms with Crippen LogP contribution in [0.5, 0.6) is 0 Å². The second kappa shape index (κ2) is 6.99. The number of aromatic nitrogens is 1. The van der Waals surface area contributed by atoms with Crippen LogP contribution in [0.15, 0.2) is 36.4 Å². The first kappa shape index (κ1) is 15.2. The average molecular weight is 302 g/mol. The van der Waals surface area contributed by atoms with E-state index in [0.29, 0.717) is 23.8 Å². The van der Waals surface area contributed by atoms with Gasteiger partial charge in [0.1, 0.15) is 5.82 Å². The predicted octanol–water partition coefficient (Wildman–Crippen LogP) is 2.66. The largest absolute Gasteiger partial charge is 0.399 e. The van der Waals surface area contributed by atoms with Gasteiger partial charge in [0.15, 0.2) is 0 Å². The fourth-order valence-corrected chi connectivity index (χ4v) is 2.10. The molecular formula is C15H18N4OS. The average Bonchev–Trinajstić information content (AvgIpc) is 2.44. The van der Waals surface area contributed by atoms with E-state index in [1.807, 2.05) is 24.3 Å². The summed E-state index contributed by atoms with van der Waals surface area (Å²) < 4.78 is 0. The Morgan fingerprint density at radius 3 is 2.86 bits per heavy atom. The highest BCUT2D eigenvalue weighted by molar-refractivity contribution is 7.79. The van der Waals surface area contributed by atoms with Crippen molar-refractivity contribution >= 4 is 35.7 Å². The van der Waals surface area contributed by atoms with Crippen LogP contribution in [0.4, 0.5) is 17.2 Å². The van der Waals surface area contributed by atoms with E-state index in [1.165, 1.54) is 6.92 Å². The number of nitrogens with one attached hydrogen (secondary N) is 2. The zero-order chi connectivity index (χ0) is 15.2. The lowest BCUT2D eigenvalue weighted by molar-refractivity contribution is -0.114. The first-order valence-corrected chi connectivity index (χ1v) is 7.18. The standard InChI is InChI=1S/C15H18N4OS/c1-10(20)18-13-4-2-3-11(5-13)8-17-15-7-12(16)6-14(9-21)19-15/h2-7,21H,8-9H2,1H3,(H,18,20)(H3,16,17,19). The van der Waals surface area contributed by atoms with Crippen molar-refractivity contribution < 1.29 is 4.79 Å². The van der Waals surface area contributed by atoms with Crippen molar-refractivity contribution in [2.45, 2.75) is 19.2 Å². The first-order valence-electron chi connectivity index (χ1n) is 6.54. The number of amides is 1. The molecule has 0 bridgehead atoms. The Labute approximate surface area is 129 Å². The summed E-state index contributed by atoms with van der Waals surface area (Å²) in [5.41, 5.74) is 9.12. The van der Waals surface area contributed by atoms with E-state index >= 15 is 0 Å². The van der Waals surface area contributed by atoms with Gasteiger partial charge in [-0.3, -0.25) is 4.79 Å². The summed E-state index contributed by atoms with van der Waals surface area (Å²) >= 11 is 4.20. The Hall–Kier alpha value is -2.21. The normalized spacial score (nSPS) is 10.2. The number of rotatable bonds is 5. The van der Waals surface area contributed by atoms with Crippen LogP contribution in [0.2, 0.25) is 0 Å². The van der Waals surface area contributed by atoms with Gasteiger partial charge in [0, 0.05) is 36.7 Å². The molecule has 0 aliphatic carbocycles. The van der Waals surface area contributed by atoms with Crippen LogP contribution in [-0.4, -0.2) is 10.9 Å². The summed E-state index contributed by atoms with van der Waals surface area (Å²) in [6.07, 6.45) is 0. The Balaban J connectivity index is 2.06. The molecule has 21 heavy (non-hydrogen) atoms. The molecule has 0 atom stereocenters. The molecule has 0 saturated heterocycles. The maximum atomic E-state index is 11.1. The number of carbonyl (C=O) groups is 1. The minimum atomic E-state index is -0.0870. The third kappa shape index (κ3) is 4.68. The minimum Gasteiger partial charge on any atom is -0.399 e. The summed E-state index contributed by atoms with van der Waals surface area (Å²) in [7, 11) is 0. The summed E-state index contributed by atoms with van der Waals surface area (Å²) in [5.74, 6) is 1.16. The Morgan fingerprint density at radius 1 is 1.33 bits per heavy atom. The van der Waals surface area contributed by atoms with Crippen LogP contribution >= 0.6 is 12.6 Å². The van der Waals surface area contributed by atoms with Gasteiger partial charge in [0.2, 0.25) is 5.91 Å². The molecule has 1 aromatic carbocycles. The number of pyridine rings is 1. The van der Waals surface area contributed by atoms with Crippen molar-refractivity contribution in [3.05, 3.63) is 47.7 Å². The summed E-state index contributed by atoms with van der Waals surface area (Å²) in [4.78, 5) is 15.5. The summed E-state index contributed by atoms with van der Waals surface area (Å²) in [6, 6.07) is 11.2. The topological polar surface area (TPSA) is 80.0 Å². The molecule has 2 rings (SSSR count). The second-order valence-corrected chi connectivity index (χ2v) is 4.99. The number of carbonyl (C=O) groups excluding carboxylic acids is 1. The number of hydrogen-bond acceptors (Lipinski definition) is 5. The molecule has 0 fully saturated rings. The van der Waals surface area contributed by atoms with Crippen LogP contribution < -0.4 is 16.4 Å². The third-order valence-corrected chi connectivity index (χ3v) is 3.11. The van der Waals surface area contributed by atoms with Gasteiger partial charge < -0.3 is 16.4 Å². The van der Waals surface area contributed by atoms with E-state index < -0.39 is 0 Å². The highest BCUT2D eigenvalue weighted by atomic mass is 32.1. The lowest BCUT2D eigenvalue weighted by atomic mass is 10.2. The fourth-order valence-electron chi connectivity index (χ4n) is 1.94. The number of nitrogens with two attached hydrogens (primary N) is 1. The zero-order valence-electron chi connectivity index (χ0n) is 11.8. The lowest BCUT2D eigenvalue weighted by Crippen LogP contribution is -2.07. The Kier molecular flexibility index (Phi) is 5.05. The molecule has 110 valence electrons. The van der Waals surface area contributed by atoms with E-state index in [4.69, 9.17) is 5.73 Å². The second-order valence-electron chi connectivity index (χ2n) is 4.67. The highest BCUT2D eigenvalue weighted by Crippen LogP contribution is 2.16. The molecule has 0 spiro atoms. The van der Waals surface area contributed by atoms with Crippen molar-refractivity contribution in [3.63, 3.8) is 0 Å². The van der Waals surface area contributed by atoms with Crippen molar-refractivity contribution in [1.29, 1.82) is 0 Å². The zero-order valence-corrected chi connectivity index (χ0v) is 12.7. The summed E-state index contributed by atoms with van der Waals surface area (Å²) in [5, 5.41) is 5.98. The smallest absolute Gasteiger partial charge is 0.221 e. The van der Waals surface area contributed by atoms with Gasteiger partial charge in [-0.2, -0.15) is 12.6 Å². The maximum absolute atomic E-state index is 11.1. The molecule has 0 saturated carbocycles. The van der Waals surface area contributed by atoms with Crippen LogP contribution in [0.3, 0.4) is 0 Å². The molecule has 5 nitrogen and oxygen atoms in total. The summed E-state index contributed by atoms with van der Waals surface area (Å²) in [6.45, 7) is 2.08.